The molecule has 0 aliphatic rings. The number of amides is 1. The Morgan fingerprint density at radius 1 is 0.931 bits per heavy atom. The fraction of sp³-hybridized carbons (Fsp3) is 0.167. The number of aromatic nitrogens is 2. The summed E-state index contributed by atoms with van der Waals surface area (Å²) in [5.74, 6) is -0.134. The summed E-state index contributed by atoms with van der Waals surface area (Å²) in [6, 6.07) is 25.8. The van der Waals surface area contributed by atoms with Crippen LogP contribution < -0.4 is 5.32 Å². The van der Waals surface area contributed by atoms with Crippen molar-refractivity contribution in [2.45, 2.75) is 12.5 Å². The predicted octanol–water partition coefficient (Wildman–Crippen LogP) is 3.80. The lowest BCUT2D eigenvalue weighted by Gasteiger charge is -2.18. The van der Waals surface area contributed by atoms with Crippen molar-refractivity contribution in [3.05, 3.63) is 108 Å². The molecular weight excluding hydrogens is 362 g/mol. The van der Waals surface area contributed by atoms with Crippen molar-refractivity contribution in [2.24, 2.45) is 0 Å². The maximum Gasteiger partial charge on any atom is 0.246 e. The van der Waals surface area contributed by atoms with Crippen LogP contribution in [0.3, 0.4) is 0 Å². The molecule has 0 aliphatic heterocycles. The lowest BCUT2D eigenvalue weighted by molar-refractivity contribution is -0.127. The highest BCUT2D eigenvalue weighted by molar-refractivity contribution is 5.77. The van der Waals surface area contributed by atoms with Crippen LogP contribution in [0, 0.1) is 0 Å². The van der Waals surface area contributed by atoms with Gasteiger partial charge in [-0.15, -0.1) is 0 Å². The van der Waals surface area contributed by atoms with Gasteiger partial charge < -0.3 is 14.5 Å². The number of hydrogen-bond acceptors (Lipinski definition) is 3. The van der Waals surface area contributed by atoms with Crippen LogP contribution in [0.1, 0.15) is 22.9 Å². The number of ether oxygens (including phenoxy) is 1. The van der Waals surface area contributed by atoms with Gasteiger partial charge in [0, 0.05) is 25.4 Å². The Hall–Kier alpha value is -3.44. The van der Waals surface area contributed by atoms with E-state index in [0.29, 0.717) is 13.0 Å². The van der Waals surface area contributed by atoms with Crippen LogP contribution in [0.25, 0.3) is 5.65 Å². The van der Waals surface area contributed by atoms with Gasteiger partial charge in [-0.1, -0.05) is 66.7 Å². The Labute approximate surface area is 170 Å². The van der Waals surface area contributed by atoms with E-state index in [0.717, 1.165) is 22.5 Å². The van der Waals surface area contributed by atoms with E-state index in [9.17, 15) is 4.79 Å². The second-order valence-corrected chi connectivity index (χ2v) is 6.81. The van der Waals surface area contributed by atoms with Gasteiger partial charge in [0.1, 0.15) is 18.4 Å². The molecule has 0 fully saturated rings. The standard InChI is InChI=1S/C24H23N3O2/c28-23(25-15-14-21-17-27-16-8-7-13-22(27)26-21)18-29-24(19-9-3-1-4-10-19)20-11-5-2-6-12-20/h1-13,16-17,24H,14-15,18H2,(H,25,28). The Balaban J connectivity index is 1.32. The Morgan fingerprint density at radius 2 is 1.59 bits per heavy atom. The molecule has 2 aromatic heterocycles. The van der Waals surface area contributed by atoms with E-state index >= 15 is 0 Å². The Morgan fingerprint density at radius 3 is 2.24 bits per heavy atom. The van der Waals surface area contributed by atoms with Crippen LogP contribution >= 0.6 is 0 Å². The minimum Gasteiger partial charge on any atom is -0.359 e. The molecule has 5 heteroatoms. The van der Waals surface area contributed by atoms with Gasteiger partial charge in [-0.05, 0) is 23.3 Å². The minimum atomic E-state index is -0.276. The number of rotatable bonds is 8. The maximum atomic E-state index is 12.3. The van der Waals surface area contributed by atoms with Crippen LogP contribution in [0.5, 0.6) is 0 Å². The van der Waals surface area contributed by atoms with Gasteiger partial charge in [-0.25, -0.2) is 4.98 Å². The number of hydrogen-bond donors (Lipinski definition) is 1. The lowest BCUT2D eigenvalue weighted by atomic mass is 10.0. The minimum absolute atomic E-state index is 0.000376. The Kier molecular flexibility index (Phi) is 5.98. The van der Waals surface area contributed by atoms with Gasteiger partial charge in [0.25, 0.3) is 0 Å². The second kappa shape index (κ2) is 9.17. The summed E-state index contributed by atoms with van der Waals surface area (Å²) in [5.41, 5.74) is 3.90. The molecule has 0 unspecified atom stereocenters. The number of nitrogens with one attached hydrogen (secondary N) is 1. The molecule has 4 rings (SSSR count). The van der Waals surface area contributed by atoms with Gasteiger partial charge >= 0.3 is 0 Å². The fourth-order valence-corrected chi connectivity index (χ4v) is 3.29. The molecule has 0 saturated heterocycles. The molecule has 0 atom stereocenters. The molecule has 0 saturated carbocycles. The van der Waals surface area contributed by atoms with Gasteiger partial charge in [0.2, 0.25) is 5.91 Å². The monoisotopic (exact) mass is 385 g/mol. The van der Waals surface area contributed by atoms with Crippen molar-refractivity contribution in [3.63, 3.8) is 0 Å². The summed E-state index contributed by atoms with van der Waals surface area (Å²) in [6.07, 6.45) is 4.35. The molecule has 4 aromatic rings. The topological polar surface area (TPSA) is 55.6 Å². The quantitative estimate of drug-likeness (QED) is 0.502. The fourth-order valence-electron chi connectivity index (χ4n) is 3.29. The smallest absolute Gasteiger partial charge is 0.246 e. The summed E-state index contributed by atoms with van der Waals surface area (Å²) < 4.78 is 7.97. The number of fused-ring (bicyclic) bond motifs is 1. The number of carbonyl (C=O) groups is 1. The van der Waals surface area contributed by atoms with Gasteiger partial charge in [0.05, 0.1) is 5.69 Å². The van der Waals surface area contributed by atoms with E-state index < -0.39 is 0 Å². The lowest BCUT2D eigenvalue weighted by Crippen LogP contribution is -2.30. The molecule has 5 nitrogen and oxygen atoms in total. The van der Waals surface area contributed by atoms with Gasteiger partial charge in [0.15, 0.2) is 0 Å². The van der Waals surface area contributed by atoms with Crippen molar-refractivity contribution >= 4 is 11.6 Å². The average molecular weight is 385 g/mol. The second-order valence-electron chi connectivity index (χ2n) is 6.81. The molecule has 1 amide bonds. The molecule has 1 N–H and O–H groups in total. The third-order valence-corrected chi connectivity index (χ3v) is 4.70. The van der Waals surface area contributed by atoms with Crippen LogP contribution in [-0.2, 0) is 16.0 Å². The van der Waals surface area contributed by atoms with E-state index in [-0.39, 0.29) is 18.6 Å². The predicted molar refractivity (Wildman–Crippen MR) is 113 cm³/mol. The number of nitrogens with zero attached hydrogens (tertiary/aromatic N) is 2. The highest BCUT2D eigenvalue weighted by Gasteiger charge is 2.16. The molecule has 0 aliphatic carbocycles. The van der Waals surface area contributed by atoms with Gasteiger partial charge in [-0.2, -0.15) is 0 Å². The van der Waals surface area contributed by atoms with Crippen molar-refractivity contribution in [3.8, 4) is 0 Å². The van der Waals surface area contributed by atoms with E-state index in [1.165, 1.54) is 0 Å². The largest absolute Gasteiger partial charge is 0.359 e. The first-order chi connectivity index (χ1) is 14.3. The molecule has 2 heterocycles. The van der Waals surface area contributed by atoms with E-state index in [1.807, 2.05) is 95.7 Å². The first kappa shape index (κ1) is 18.9. The normalized spacial score (nSPS) is 11.1. The first-order valence-corrected chi connectivity index (χ1v) is 9.70. The molecule has 0 spiro atoms. The average Bonchev–Trinajstić information content (AvgIpc) is 3.18. The molecular formula is C24H23N3O2. The molecule has 2 aromatic carbocycles. The molecule has 0 bridgehead atoms. The summed E-state index contributed by atoms with van der Waals surface area (Å²) in [6.45, 7) is 0.521. The number of carbonyl (C=O) groups excluding carboxylic acids is 1. The van der Waals surface area contributed by atoms with Crippen LogP contribution in [0.2, 0.25) is 0 Å². The third kappa shape index (κ3) is 4.89. The van der Waals surface area contributed by atoms with Crippen LogP contribution in [0.15, 0.2) is 91.3 Å². The third-order valence-electron chi connectivity index (χ3n) is 4.70. The van der Waals surface area contributed by atoms with E-state index in [4.69, 9.17) is 4.74 Å². The van der Waals surface area contributed by atoms with E-state index in [1.54, 1.807) is 0 Å². The van der Waals surface area contributed by atoms with Crippen molar-refractivity contribution in [2.75, 3.05) is 13.2 Å². The van der Waals surface area contributed by atoms with Crippen LogP contribution in [0.4, 0.5) is 0 Å². The van der Waals surface area contributed by atoms with Gasteiger partial charge in [-0.3, -0.25) is 4.79 Å². The highest BCUT2D eigenvalue weighted by Crippen LogP contribution is 2.25. The van der Waals surface area contributed by atoms with Crippen molar-refractivity contribution < 1.29 is 9.53 Å². The SMILES string of the molecule is O=C(COC(c1ccccc1)c1ccccc1)NCCc1cn2ccccc2n1. The molecule has 0 radical (unpaired) electrons. The number of imidazole rings is 1. The zero-order valence-corrected chi connectivity index (χ0v) is 16.1. The summed E-state index contributed by atoms with van der Waals surface area (Å²) >= 11 is 0. The first-order valence-electron chi connectivity index (χ1n) is 9.70. The summed E-state index contributed by atoms with van der Waals surface area (Å²) in [5, 5.41) is 2.92. The zero-order chi connectivity index (χ0) is 19.9. The van der Waals surface area contributed by atoms with E-state index in [2.05, 4.69) is 10.3 Å². The number of benzene rings is 2. The Bertz CT molecular complexity index is 989. The van der Waals surface area contributed by atoms with Crippen LogP contribution in [-0.4, -0.2) is 28.4 Å². The summed E-state index contributed by atoms with van der Waals surface area (Å²) in [4.78, 5) is 16.9. The molecule has 146 valence electrons. The maximum absolute atomic E-state index is 12.3. The zero-order valence-electron chi connectivity index (χ0n) is 16.1. The summed E-state index contributed by atoms with van der Waals surface area (Å²) in [7, 11) is 0. The molecule has 29 heavy (non-hydrogen) atoms. The number of pyridine rings is 1. The van der Waals surface area contributed by atoms with Crippen molar-refractivity contribution in [1.82, 2.24) is 14.7 Å². The van der Waals surface area contributed by atoms with Crippen molar-refractivity contribution in [1.29, 1.82) is 0 Å². The highest BCUT2D eigenvalue weighted by atomic mass is 16.5.